The highest BCUT2D eigenvalue weighted by molar-refractivity contribution is 7.99. The number of nitrogens with zero attached hydrogens (tertiary/aromatic N) is 3. The minimum Gasteiger partial charge on any atom is -0.382 e. The normalized spacial score (nSPS) is 11.9. The van der Waals surface area contributed by atoms with Crippen LogP contribution in [0.25, 0.3) is 11.6 Å². The van der Waals surface area contributed by atoms with Crippen LogP contribution in [0.4, 0.5) is 5.82 Å². The minimum atomic E-state index is 0.180. The van der Waals surface area contributed by atoms with Gasteiger partial charge in [-0.05, 0) is 0 Å². The molecule has 0 radical (unpaired) electrons. The van der Waals surface area contributed by atoms with Crippen molar-refractivity contribution < 1.29 is 4.52 Å². The molecule has 0 spiro atoms. The van der Waals surface area contributed by atoms with Crippen molar-refractivity contribution >= 4 is 17.6 Å². The quantitative estimate of drug-likeness (QED) is 0.869. The molecule has 0 aliphatic heterocycles. The van der Waals surface area contributed by atoms with Crippen LogP contribution in [0.2, 0.25) is 0 Å². The van der Waals surface area contributed by atoms with E-state index in [-0.39, 0.29) is 4.75 Å². The highest BCUT2D eigenvalue weighted by Gasteiger charge is 2.15. The van der Waals surface area contributed by atoms with E-state index in [4.69, 9.17) is 10.3 Å². The molecule has 0 fully saturated rings. The maximum Gasteiger partial charge on any atom is 0.276 e. The Bertz CT molecular complexity index is 499. The third-order valence-corrected chi connectivity index (χ3v) is 3.20. The lowest BCUT2D eigenvalue weighted by atomic mass is 10.3. The van der Waals surface area contributed by atoms with E-state index in [0.717, 1.165) is 5.75 Å². The fourth-order valence-corrected chi connectivity index (χ4v) is 1.83. The van der Waals surface area contributed by atoms with Gasteiger partial charge in [0, 0.05) is 10.8 Å². The molecule has 0 aliphatic rings. The van der Waals surface area contributed by atoms with Crippen molar-refractivity contribution in [3.05, 3.63) is 11.9 Å². The first-order valence-corrected chi connectivity index (χ1v) is 6.20. The first kappa shape index (κ1) is 12.0. The summed E-state index contributed by atoms with van der Waals surface area (Å²) in [6, 6.07) is 1.66. The maximum absolute atomic E-state index is 5.50. The number of aromatic nitrogens is 4. The number of anilines is 1. The summed E-state index contributed by atoms with van der Waals surface area (Å²) in [6.07, 6.45) is 0. The molecule has 0 amide bonds. The van der Waals surface area contributed by atoms with Crippen molar-refractivity contribution in [2.24, 2.45) is 0 Å². The summed E-state index contributed by atoms with van der Waals surface area (Å²) in [5.74, 6) is 2.21. The number of rotatable bonds is 3. The molecule has 0 saturated carbocycles. The Hall–Kier alpha value is -1.50. The predicted molar refractivity (Wildman–Crippen MR) is 67.3 cm³/mol. The second kappa shape index (κ2) is 4.40. The van der Waals surface area contributed by atoms with Crippen molar-refractivity contribution in [3.63, 3.8) is 0 Å². The number of thioether (sulfide) groups is 1. The molecule has 0 unspecified atom stereocenters. The van der Waals surface area contributed by atoms with Crippen LogP contribution in [0, 0.1) is 0 Å². The van der Waals surface area contributed by atoms with Gasteiger partial charge in [-0.15, -0.1) is 11.8 Å². The minimum absolute atomic E-state index is 0.180. The van der Waals surface area contributed by atoms with Gasteiger partial charge in [0.1, 0.15) is 11.5 Å². The van der Waals surface area contributed by atoms with Gasteiger partial charge in [0.05, 0.1) is 5.75 Å². The smallest absolute Gasteiger partial charge is 0.276 e. The molecule has 17 heavy (non-hydrogen) atoms. The topological polar surface area (TPSA) is 93.6 Å². The molecule has 6 nitrogen and oxygen atoms in total. The van der Waals surface area contributed by atoms with Crippen LogP contribution in [-0.4, -0.2) is 25.1 Å². The van der Waals surface area contributed by atoms with E-state index in [9.17, 15) is 0 Å². The Morgan fingerprint density at radius 3 is 2.82 bits per heavy atom. The van der Waals surface area contributed by atoms with Crippen LogP contribution >= 0.6 is 11.8 Å². The molecule has 92 valence electrons. The van der Waals surface area contributed by atoms with Crippen LogP contribution in [-0.2, 0) is 5.75 Å². The lowest BCUT2D eigenvalue weighted by Gasteiger charge is -2.15. The lowest BCUT2D eigenvalue weighted by molar-refractivity contribution is 0.424. The Morgan fingerprint density at radius 1 is 1.47 bits per heavy atom. The zero-order chi connectivity index (χ0) is 12.5. The summed E-state index contributed by atoms with van der Waals surface area (Å²) in [5.41, 5.74) is 6.14. The molecular formula is C10H15N5OS. The largest absolute Gasteiger partial charge is 0.382 e. The van der Waals surface area contributed by atoms with Gasteiger partial charge in [0.2, 0.25) is 0 Å². The van der Waals surface area contributed by atoms with E-state index in [0.29, 0.717) is 23.2 Å². The highest BCUT2D eigenvalue weighted by atomic mass is 32.2. The van der Waals surface area contributed by atoms with Crippen LogP contribution < -0.4 is 5.73 Å². The standard InChI is InChI=1S/C10H15N5OS/c1-10(2,3)17-5-8-12-9(16-15-8)6-4-7(11)14-13-6/h4H,5H2,1-3H3,(H3,11,13,14). The molecule has 0 aliphatic carbocycles. The number of nitrogens with one attached hydrogen (secondary N) is 1. The van der Waals surface area contributed by atoms with E-state index in [1.165, 1.54) is 0 Å². The Balaban J connectivity index is 2.06. The summed E-state index contributed by atoms with van der Waals surface area (Å²) in [6.45, 7) is 6.44. The molecule has 0 aromatic carbocycles. The molecular weight excluding hydrogens is 238 g/mol. The van der Waals surface area contributed by atoms with E-state index in [1.807, 2.05) is 0 Å². The third kappa shape index (κ3) is 3.23. The van der Waals surface area contributed by atoms with Gasteiger partial charge in [-0.3, -0.25) is 5.10 Å². The lowest BCUT2D eigenvalue weighted by Crippen LogP contribution is -2.07. The average Bonchev–Trinajstić information content (AvgIpc) is 2.81. The molecule has 2 aromatic rings. The Kier molecular flexibility index (Phi) is 3.10. The van der Waals surface area contributed by atoms with Crippen LogP contribution in [0.15, 0.2) is 10.6 Å². The number of H-pyrrole nitrogens is 1. The number of aromatic amines is 1. The second-order valence-electron chi connectivity index (χ2n) is 4.62. The zero-order valence-corrected chi connectivity index (χ0v) is 10.8. The summed E-state index contributed by atoms with van der Waals surface area (Å²) >= 11 is 1.76. The van der Waals surface area contributed by atoms with Gasteiger partial charge >= 0.3 is 0 Å². The second-order valence-corrected chi connectivity index (χ2v) is 6.43. The molecule has 0 saturated heterocycles. The van der Waals surface area contributed by atoms with E-state index in [2.05, 4.69) is 41.1 Å². The summed E-state index contributed by atoms with van der Waals surface area (Å²) in [7, 11) is 0. The van der Waals surface area contributed by atoms with E-state index in [1.54, 1.807) is 17.8 Å². The zero-order valence-electron chi connectivity index (χ0n) is 10.0. The molecule has 7 heteroatoms. The fraction of sp³-hybridized carbons (Fsp3) is 0.500. The Labute approximate surface area is 103 Å². The number of hydrogen-bond acceptors (Lipinski definition) is 6. The van der Waals surface area contributed by atoms with Gasteiger partial charge in [-0.2, -0.15) is 10.1 Å². The molecule has 3 N–H and O–H groups in total. The maximum atomic E-state index is 5.50. The van der Waals surface area contributed by atoms with Crippen molar-refractivity contribution in [3.8, 4) is 11.6 Å². The van der Waals surface area contributed by atoms with Gasteiger partial charge in [0.25, 0.3) is 5.89 Å². The van der Waals surface area contributed by atoms with Crippen molar-refractivity contribution in [2.45, 2.75) is 31.3 Å². The summed E-state index contributed by atoms with van der Waals surface area (Å²) in [5, 5.41) is 10.4. The fourth-order valence-electron chi connectivity index (χ4n) is 1.15. The van der Waals surface area contributed by atoms with Gasteiger partial charge in [0.15, 0.2) is 5.82 Å². The number of nitrogens with two attached hydrogens (primary N) is 1. The van der Waals surface area contributed by atoms with Gasteiger partial charge in [-0.1, -0.05) is 25.9 Å². The third-order valence-electron chi connectivity index (χ3n) is 1.93. The van der Waals surface area contributed by atoms with Crippen LogP contribution in [0.5, 0.6) is 0 Å². The summed E-state index contributed by atoms with van der Waals surface area (Å²) in [4.78, 5) is 4.27. The van der Waals surface area contributed by atoms with Crippen molar-refractivity contribution in [1.82, 2.24) is 20.3 Å². The molecule has 2 heterocycles. The van der Waals surface area contributed by atoms with Crippen LogP contribution in [0.1, 0.15) is 26.6 Å². The monoisotopic (exact) mass is 253 g/mol. The van der Waals surface area contributed by atoms with Crippen LogP contribution in [0.3, 0.4) is 0 Å². The molecule has 0 bridgehead atoms. The van der Waals surface area contributed by atoms with Crippen molar-refractivity contribution in [2.75, 3.05) is 5.73 Å². The predicted octanol–water partition coefficient (Wildman–Crippen LogP) is 2.07. The first-order chi connectivity index (χ1) is 7.94. The number of hydrogen-bond donors (Lipinski definition) is 2. The Morgan fingerprint density at radius 2 is 2.24 bits per heavy atom. The SMILES string of the molecule is CC(C)(C)SCc1noc(-c2cc(N)n[nH]2)n1. The van der Waals surface area contributed by atoms with Gasteiger partial charge < -0.3 is 10.3 Å². The first-order valence-electron chi connectivity index (χ1n) is 5.22. The summed E-state index contributed by atoms with van der Waals surface area (Å²) < 4.78 is 5.31. The van der Waals surface area contributed by atoms with Gasteiger partial charge in [-0.25, -0.2) is 0 Å². The van der Waals surface area contributed by atoms with E-state index >= 15 is 0 Å². The highest BCUT2D eigenvalue weighted by Crippen LogP contribution is 2.26. The number of nitrogen functional groups attached to an aromatic ring is 1. The average molecular weight is 253 g/mol. The molecule has 2 rings (SSSR count). The molecule has 2 aromatic heterocycles. The van der Waals surface area contributed by atoms with Crippen molar-refractivity contribution in [1.29, 1.82) is 0 Å². The molecule has 0 atom stereocenters. The van der Waals surface area contributed by atoms with E-state index < -0.39 is 0 Å².